The average Bonchev–Trinajstić information content (AvgIpc) is 2.91. The zero-order chi connectivity index (χ0) is 16.6. The molecule has 1 fully saturated rings. The molecule has 7 nitrogen and oxygen atoms in total. The fourth-order valence-electron chi connectivity index (χ4n) is 2.33. The van der Waals surface area contributed by atoms with Crippen LogP contribution in [0.15, 0.2) is 24.4 Å². The van der Waals surface area contributed by atoms with Gasteiger partial charge in [-0.2, -0.15) is 0 Å². The van der Waals surface area contributed by atoms with E-state index in [-0.39, 0.29) is 24.1 Å². The lowest BCUT2D eigenvalue weighted by Gasteiger charge is -2.39. The third-order valence-electron chi connectivity index (χ3n) is 3.69. The highest BCUT2D eigenvalue weighted by Gasteiger charge is 2.32. The van der Waals surface area contributed by atoms with E-state index in [4.69, 9.17) is 28.9 Å². The summed E-state index contributed by atoms with van der Waals surface area (Å²) in [5.74, 6) is -0.627. The largest absolute Gasteiger partial charge is 0.364 e. The molecule has 23 heavy (non-hydrogen) atoms. The van der Waals surface area contributed by atoms with E-state index < -0.39 is 5.91 Å². The van der Waals surface area contributed by atoms with Gasteiger partial charge in [0, 0.05) is 13.1 Å². The maximum Gasteiger partial charge on any atom is 0.270 e. The van der Waals surface area contributed by atoms with E-state index >= 15 is 0 Å². The van der Waals surface area contributed by atoms with Crippen LogP contribution in [0.3, 0.4) is 0 Å². The number of hydrogen-bond donors (Lipinski definition) is 1. The van der Waals surface area contributed by atoms with Gasteiger partial charge in [-0.05, 0) is 17.7 Å². The molecule has 2 N–H and O–H groups in total. The second-order valence-corrected chi connectivity index (χ2v) is 6.14. The van der Waals surface area contributed by atoms with Gasteiger partial charge in [0.15, 0.2) is 5.69 Å². The molecule has 0 bridgehead atoms. The lowest BCUT2D eigenvalue weighted by Crippen LogP contribution is -2.51. The molecular formula is C14H13Cl2N5O2. The number of carbonyl (C=O) groups is 2. The normalized spacial score (nSPS) is 14.6. The van der Waals surface area contributed by atoms with Crippen LogP contribution in [0.25, 0.3) is 0 Å². The average molecular weight is 354 g/mol. The van der Waals surface area contributed by atoms with Gasteiger partial charge >= 0.3 is 0 Å². The number of hydrogen-bond acceptors (Lipinski definition) is 4. The van der Waals surface area contributed by atoms with Crippen LogP contribution in [0.2, 0.25) is 10.0 Å². The molecule has 0 spiro atoms. The number of amides is 2. The van der Waals surface area contributed by atoms with Crippen molar-refractivity contribution in [2.45, 2.75) is 12.5 Å². The molecule has 0 unspecified atom stereocenters. The lowest BCUT2D eigenvalue weighted by molar-refractivity contribution is -0.136. The Bertz CT molecular complexity index is 770. The van der Waals surface area contributed by atoms with Gasteiger partial charge in [-0.25, -0.2) is 4.68 Å². The molecule has 1 aromatic heterocycles. The smallest absolute Gasteiger partial charge is 0.270 e. The van der Waals surface area contributed by atoms with Crippen molar-refractivity contribution < 1.29 is 9.59 Å². The molecule has 2 heterocycles. The summed E-state index contributed by atoms with van der Waals surface area (Å²) in [7, 11) is 0. The number of nitrogens with zero attached hydrogens (tertiary/aromatic N) is 4. The lowest BCUT2D eigenvalue weighted by atomic mass is 10.1. The number of aromatic nitrogens is 3. The molecule has 1 aliphatic rings. The first-order valence-corrected chi connectivity index (χ1v) is 7.63. The molecule has 3 rings (SSSR count). The summed E-state index contributed by atoms with van der Waals surface area (Å²) < 4.78 is 1.56. The van der Waals surface area contributed by atoms with E-state index in [0.29, 0.717) is 23.1 Å². The summed E-state index contributed by atoms with van der Waals surface area (Å²) >= 11 is 11.8. The van der Waals surface area contributed by atoms with Gasteiger partial charge in [0.1, 0.15) is 0 Å². The van der Waals surface area contributed by atoms with Crippen molar-refractivity contribution in [3.05, 3.63) is 45.7 Å². The van der Waals surface area contributed by atoms with E-state index in [9.17, 15) is 9.59 Å². The fraction of sp³-hybridized carbons (Fsp3) is 0.286. The molecule has 0 radical (unpaired) electrons. The predicted octanol–water partition coefficient (Wildman–Crippen LogP) is 1.31. The highest BCUT2D eigenvalue weighted by Crippen LogP contribution is 2.25. The van der Waals surface area contributed by atoms with Crippen molar-refractivity contribution in [1.82, 2.24) is 19.9 Å². The number of rotatable bonds is 4. The molecule has 0 saturated carbocycles. The van der Waals surface area contributed by atoms with E-state index in [1.807, 2.05) is 0 Å². The van der Waals surface area contributed by atoms with Crippen LogP contribution in [0.4, 0.5) is 0 Å². The monoisotopic (exact) mass is 353 g/mol. The topological polar surface area (TPSA) is 94.1 Å². The van der Waals surface area contributed by atoms with Crippen molar-refractivity contribution in [2.24, 2.45) is 5.73 Å². The van der Waals surface area contributed by atoms with Crippen LogP contribution in [0, 0.1) is 0 Å². The molecule has 1 aliphatic heterocycles. The maximum absolute atomic E-state index is 12.2. The van der Waals surface area contributed by atoms with Crippen molar-refractivity contribution in [3.8, 4) is 0 Å². The summed E-state index contributed by atoms with van der Waals surface area (Å²) in [6, 6.07) is 5.15. The highest BCUT2D eigenvalue weighted by molar-refractivity contribution is 6.42. The molecular weight excluding hydrogens is 341 g/mol. The zero-order valence-corrected chi connectivity index (χ0v) is 13.5. The van der Waals surface area contributed by atoms with Crippen LogP contribution in [0.1, 0.15) is 22.1 Å². The Labute approximate surface area is 141 Å². The Morgan fingerprint density at radius 1 is 1.26 bits per heavy atom. The number of primary amides is 1. The number of carbonyl (C=O) groups excluding carboxylic acids is 2. The summed E-state index contributed by atoms with van der Waals surface area (Å²) in [6.45, 7) is 1.03. The van der Waals surface area contributed by atoms with Crippen LogP contribution in [-0.2, 0) is 11.2 Å². The second-order valence-electron chi connectivity index (χ2n) is 5.33. The maximum atomic E-state index is 12.2. The number of benzene rings is 1. The van der Waals surface area contributed by atoms with Crippen LogP contribution >= 0.6 is 23.2 Å². The third kappa shape index (κ3) is 3.30. The first kappa shape index (κ1) is 15.8. The Kier molecular flexibility index (Phi) is 4.23. The summed E-state index contributed by atoms with van der Waals surface area (Å²) in [6.07, 6.45) is 1.75. The number of nitrogens with two attached hydrogens (primary N) is 1. The van der Waals surface area contributed by atoms with Gasteiger partial charge in [-0.3, -0.25) is 9.59 Å². The Morgan fingerprint density at radius 2 is 2.00 bits per heavy atom. The zero-order valence-electron chi connectivity index (χ0n) is 11.9. The molecule has 120 valence electrons. The van der Waals surface area contributed by atoms with Crippen molar-refractivity contribution in [3.63, 3.8) is 0 Å². The van der Waals surface area contributed by atoms with Gasteiger partial charge in [0.25, 0.3) is 5.91 Å². The molecule has 2 amide bonds. The minimum atomic E-state index is -0.622. The SMILES string of the molecule is NC(=O)c1cn(C2CN(C(=O)Cc3ccc(Cl)c(Cl)c3)C2)nn1. The number of likely N-dealkylation sites (tertiary alicyclic amines) is 1. The molecule has 0 aliphatic carbocycles. The number of halogens is 2. The van der Waals surface area contributed by atoms with Gasteiger partial charge in [-0.1, -0.05) is 34.5 Å². The Morgan fingerprint density at radius 3 is 2.61 bits per heavy atom. The first-order valence-electron chi connectivity index (χ1n) is 6.87. The highest BCUT2D eigenvalue weighted by atomic mass is 35.5. The van der Waals surface area contributed by atoms with Crippen molar-refractivity contribution in [2.75, 3.05) is 13.1 Å². The quantitative estimate of drug-likeness (QED) is 0.896. The van der Waals surface area contributed by atoms with Gasteiger partial charge in [0.2, 0.25) is 5.91 Å². The van der Waals surface area contributed by atoms with Gasteiger partial charge in [-0.15, -0.1) is 5.10 Å². The van der Waals surface area contributed by atoms with Crippen LogP contribution in [0.5, 0.6) is 0 Å². The molecule has 1 aromatic carbocycles. The predicted molar refractivity (Wildman–Crippen MR) is 84.3 cm³/mol. The minimum absolute atomic E-state index is 0.00474. The third-order valence-corrected chi connectivity index (χ3v) is 4.43. The standard InChI is InChI=1S/C14H13Cl2N5O2/c15-10-2-1-8(3-11(10)16)4-13(22)20-5-9(6-20)21-7-12(14(17)23)18-19-21/h1-3,7,9H,4-6H2,(H2,17,23). The second kappa shape index (κ2) is 6.17. The van der Waals surface area contributed by atoms with Gasteiger partial charge < -0.3 is 10.6 Å². The summed E-state index contributed by atoms with van der Waals surface area (Å²) in [5.41, 5.74) is 6.06. The Hall–Kier alpha value is -2.12. The van der Waals surface area contributed by atoms with Crippen LogP contribution in [-0.4, -0.2) is 44.8 Å². The van der Waals surface area contributed by atoms with E-state index in [0.717, 1.165) is 5.56 Å². The fourth-order valence-corrected chi connectivity index (χ4v) is 2.65. The minimum Gasteiger partial charge on any atom is -0.364 e. The van der Waals surface area contributed by atoms with E-state index in [1.54, 1.807) is 27.8 Å². The van der Waals surface area contributed by atoms with Gasteiger partial charge in [0.05, 0.1) is 28.7 Å². The summed E-state index contributed by atoms with van der Waals surface area (Å²) in [5, 5.41) is 8.43. The van der Waals surface area contributed by atoms with Crippen LogP contribution < -0.4 is 5.73 Å². The molecule has 2 aromatic rings. The van der Waals surface area contributed by atoms with E-state index in [1.165, 1.54) is 6.20 Å². The van der Waals surface area contributed by atoms with E-state index in [2.05, 4.69) is 10.3 Å². The first-order chi connectivity index (χ1) is 10.9. The summed E-state index contributed by atoms with van der Waals surface area (Å²) in [4.78, 5) is 24.9. The van der Waals surface area contributed by atoms with Crippen molar-refractivity contribution in [1.29, 1.82) is 0 Å². The molecule has 9 heteroatoms. The van der Waals surface area contributed by atoms with Crippen molar-refractivity contribution >= 4 is 35.0 Å². The Balaban J connectivity index is 1.56. The molecule has 0 atom stereocenters. The molecule has 1 saturated heterocycles.